The number of aromatic nitrogens is 1. The Morgan fingerprint density at radius 1 is 1.06 bits per heavy atom. The van der Waals surface area contributed by atoms with Crippen LogP contribution in [-0.4, -0.2) is 55.3 Å². The molecule has 1 atom stereocenters. The fourth-order valence-electron chi connectivity index (χ4n) is 4.06. The maximum atomic E-state index is 13.2. The average Bonchev–Trinajstić information content (AvgIpc) is 3.42. The van der Waals surface area contributed by atoms with Crippen molar-refractivity contribution in [2.24, 2.45) is 5.92 Å². The smallest absolute Gasteiger partial charge is 0.431 e. The number of amides is 1. The molecule has 2 aromatic heterocycles. The molecule has 4 heterocycles. The highest BCUT2D eigenvalue weighted by Crippen LogP contribution is 2.40. The number of carbonyl (C=O) groups is 1. The minimum Gasteiger partial charge on any atom is -0.431 e. The first-order chi connectivity index (χ1) is 15.7. The van der Waals surface area contributed by atoms with Crippen LogP contribution in [0.3, 0.4) is 0 Å². The SMILES string of the molecule is O=C(C1CCS(=O)(=O)CC1)N1CCN(c2nc(C(F)(F)F)co2)CC1c1ccc(C(F)(F)F)s1. The lowest BCUT2D eigenvalue weighted by Gasteiger charge is -2.42. The van der Waals surface area contributed by atoms with Gasteiger partial charge in [0.1, 0.15) is 21.0 Å². The molecular weight excluding hydrogens is 512 g/mol. The Bertz CT molecular complexity index is 1140. The second-order valence-electron chi connectivity index (χ2n) is 8.13. The first-order valence-electron chi connectivity index (χ1n) is 10.2. The summed E-state index contributed by atoms with van der Waals surface area (Å²) in [6.07, 6.45) is -8.64. The van der Waals surface area contributed by atoms with Crippen molar-refractivity contribution in [2.75, 3.05) is 36.0 Å². The zero-order valence-corrected chi connectivity index (χ0v) is 19.0. The summed E-state index contributed by atoms with van der Waals surface area (Å²) in [7, 11) is -3.23. The van der Waals surface area contributed by atoms with Crippen LogP contribution in [0, 0.1) is 5.92 Å². The molecule has 4 rings (SSSR count). The molecule has 7 nitrogen and oxygen atoms in total. The molecule has 2 aliphatic heterocycles. The lowest BCUT2D eigenvalue weighted by atomic mass is 9.98. The van der Waals surface area contributed by atoms with E-state index in [1.54, 1.807) is 0 Å². The molecule has 2 fully saturated rings. The fourth-order valence-corrected chi connectivity index (χ4v) is 6.53. The van der Waals surface area contributed by atoms with E-state index in [1.165, 1.54) is 15.9 Å². The Labute approximate surface area is 194 Å². The number of hydrogen-bond donors (Lipinski definition) is 0. The number of sulfone groups is 1. The van der Waals surface area contributed by atoms with Crippen molar-refractivity contribution in [1.82, 2.24) is 9.88 Å². The van der Waals surface area contributed by atoms with Gasteiger partial charge in [-0.15, -0.1) is 11.3 Å². The Kier molecular flexibility index (Phi) is 6.38. The molecule has 1 amide bonds. The Hall–Kier alpha value is -2.29. The summed E-state index contributed by atoms with van der Waals surface area (Å²) in [5.74, 6) is -1.29. The molecule has 0 N–H and O–H groups in total. The van der Waals surface area contributed by atoms with Crippen molar-refractivity contribution in [2.45, 2.75) is 31.2 Å². The lowest BCUT2D eigenvalue weighted by Crippen LogP contribution is -2.52. The third kappa shape index (κ3) is 5.19. The van der Waals surface area contributed by atoms with Crippen molar-refractivity contribution >= 4 is 33.1 Å². The zero-order chi connectivity index (χ0) is 24.9. The minimum atomic E-state index is -4.73. The summed E-state index contributed by atoms with van der Waals surface area (Å²) in [5, 5.41) is 0. The van der Waals surface area contributed by atoms with Crippen LogP contribution in [0.15, 0.2) is 22.8 Å². The summed E-state index contributed by atoms with van der Waals surface area (Å²) < 4.78 is 107. The van der Waals surface area contributed by atoms with Gasteiger partial charge in [-0.1, -0.05) is 0 Å². The van der Waals surface area contributed by atoms with Crippen LogP contribution in [-0.2, 0) is 27.0 Å². The monoisotopic (exact) mass is 531 g/mol. The number of oxazole rings is 1. The molecule has 0 bridgehead atoms. The first-order valence-corrected chi connectivity index (χ1v) is 12.8. The van der Waals surface area contributed by atoms with Gasteiger partial charge >= 0.3 is 12.4 Å². The van der Waals surface area contributed by atoms with Gasteiger partial charge in [0.15, 0.2) is 5.69 Å². The molecular formula is C19H19F6N3O4S2. The van der Waals surface area contributed by atoms with E-state index in [0.29, 0.717) is 17.6 Å². The largest absolute Gasteiger partial charge is 0.436 e. The number of thiophene rings is 1. The predicted molar refractivity (Wildman–Crippen MR) is 109 cm³/mol. The van der Waals surface area contributed by atoms with Crippen molar-refractivity contribution in [3.8, 4) is 0 Å². The summed E-state index contributed by atoms with van der Waals surface area (Å²) in [6, 6.07) is 0.883. The van der Waals surface area contributed by atoms with Crippen LogP contribution >= 0.6 is 11.3 Å². The van der Waals surface area contributed by atoms with E-state index in [0.717, 1.165) is 6.07 Å². The van der Waals surface area contributed by atoms with Crippen LogP contribution in [0.1, 0.15) is 34.3 Å². The molecule has 1 unspecified atom stereocenters. The second-order valence-corrected chi connectivity index (χ2v) is 11.6. The number of rotatable bonds is 3. The molecule has 188 valence electrons. The normalized spacial score (nSPS) is 22.2. The maximum absolute atomic E-state index is 13.2. The molecule has 15 heteroatoms. The fraction of sp³-hybridized carbons (Fsp3) is 0.579. The van der Waals surface area contributed by atoms with E-state index < -0.39 is 44.7 Å². The van der Waals surface area contributed by atoms with Crippen LogP contribution in [0.4, 0.5) is 32.4 Å². The third-order valence-electron chi connectivity index (χ3n) is 5.85. The van der Waals surface area contributed by atoms with E-state index in [9.17, 15) is 39.6 Å². The van der Waals surface area contributed by atoms with Crippen molar-refractivity contribution in [3.63, 3.8) is 0 Å². The summed E-state index contributed by atoms with van der Waals surface area (Å²) in [4.78, 5) is 18.8. The molecule has 0 radical (unpaired) electrons. The van der Waals surface area contributed by atoms with Gasteiger partial charge in [0.25, 0.3) is 6.01 Å². The van der Waals surface area contributed by atoms with Gasteiger partial charge in [0, 0.05) is 30.4 Å². The van der Waals surface area contributed by atoms with Gasteiger partial charge in [0.05, 0.1) is 17.5 Å². The molecule has 2 aromatic rings. The summed E-state index contributed by atoms with van der Waals surface area (Å²) >= 11 is 0.448. The molecule has 0 aliphatic carbocycles. The first kappa shape index (κ1) is 24.8. The standard InChI is InChI=1S/C19H19F6N3O4S2/c20-18(21,22)14-10-32-17(26-14)27-5-6-28(16(29)11-3-7-34(30,31)8-4-11)12(9-27)13-1-2-15(33-13)19(23,24)25/h1-2,10-12H,3-9H2. The van der Waals surface area contributed by atoms with Crippen molar-refractivity contribution in [3.05, 3.63) is 33.8 Å². The molecule has 0 aromatic carbocycles. The zero-order valence-electron chi connectivity index (χ0n) is 17.4. The Balaban J connectivity index is 1.60. The number of alkyl halides is 6. The van der Waals surface area contributed by atoms with E-state index in [4.69, 9.17) is 4.42 Å². The Morgan fingerprint density at radius 3 is 2.29 bits per heavy atom. The lowest BCUT2D eigenvalue weighted by molar-refractivity contribution is -0.141. The number of carbonyl (C=O) groups excluding carboxylic acids is 1. The number of piperazine rings is 1. The van der Waals surface area contributed by atoms with Gasteiger partial charge in [0.2, 0.25) is 5.91 Å². The van der Waals surface area contributed by atoms with Crippen LogP contribution < -0.4 is 4.90 Å². The number of nitrogens with zero attached hydrogens (tertiary/aromatic N) is 3. The highest BCUT2D eigenvalue weighted by molar-refractivity contribution is 7.91. The van der Waals surface area contributed by atoms with Gasteiger partial charge < -0.3 is 14.2 Å². The number of halogens is 6. The van der Waals surface area contributed by atoms with E-state index in [2.05, 4.69) is 4.98 Å². The average molecular weight is 532 g/mol. The van der Waals surface area contributed by atoms with Crippen LogP contribution in [0.25, 0.3) is 0 Å². The number of anilines is 1. The molecule has 2 saturated heterocycles. The predicted octanol–water partition coefficient (Wildman–Crippen LogP) is 3.99. The summed E-state index contributed by atoms with van der Waals surface area (Å²) in [6.45, 7) is -0.0926. The molecule has 0 saturated carbocycles. The van der Waals surface area contributed by atoms with E-state index in [1.807, 2.05) is 0 Å². The van der Waals surface area contributed by atoms with Gasteiger partial charge in [-0.05, 0) is 25.0 Å². The molecule has 0 spiro atoms. The minimum absolute atomic E-state index is 0.00423. The highest BCUT2D eigenvalue weighted by atomic mass is 32.2. The van der Waals surface area contributed by atoms with E-state index >= 15 is 0 Å². The van der Waals surface area contributed by atoms with Gasteiger partial charge in [-0.25, -0.2) is 8.42 Å². The molecule has 34 heavy (non-hydrogen) atoms. The van der Waals surface area contributed by atoms with Crippen LogP contribution in [0.2, 0.25) is 0 Å². The topological polar surface area (TPSA) is 83.7 Å². The van der Waals surface area contributed by atoms with Crippen LogP contribution in [0.5, 0.6) is 0 Å². The van der Waals surface area contributed by atoms with Gasteiger partial charge in [-0.2, -0.15) is 31.3 Å². The maximum Gasteiger partial charge on any atom is 0.436 e. The Morgan fingerprint density at radius 2 is 1.74 bits per heavy atom. The van der Waals surface area contributed by atoms with Crippen molar-refractivity contribution in [1.29, 1.82) is 0 Å². The quantitative estimate of drug-likeness (QED) is 0.558. The van der Waals surface area contributed by atoms with E-state index in [-0.39, 0.29) is 60.8 Å². The highest BCUT2D eigenvalue weighted by Gasteiger charge is 2.41. The number of hydrogen-bond acceptors (Lipinski definition) is 7. The third-order valence-corrected chi connectivity index (χ3v) is 8.80. The second kappa shape index (κ2) is 8.73. The van der Waals surface area contributed by atoms with Gasteiger partial charge in [-0.3, -0.25) is 4.79 Å². The summed E-state index contributed by atoms with van der Waals surface area (Å²) in [5.41, 5.74) is -1.24. The molecule has 2 aliphatic rings. The van der Waals surface area contributed by atoms with Crippen molar-refractivity contribution < 1.29 is 44.0 Å².